The number of nitrogens with zero attached hydrogens (tertiary/aromatic N) is 1. The molecular weight excluding hydrogens is 282 g/mol. The predicted octanol–water partition coefficient (Wildman–Crippen LogP) is 4.07. The van der Waals surface area contributed by atoms with Crippen molar-refractivity contribution in [3.63, 3.8) is 0 Å². The summed E-state index contributed by atoms with van der Waals surface area (Å²) in [7, 11) is 1.63. The summed E-state index contributed by atoms with van der Waals surface area (Å²) in [4.78, 5) is 16.7. The summed E-state index contributed by atoms with van der Waals surface area (Å²) in [5, 5.41) is 6.62. The number of aryl methyl sites for hydroxylation is 1. The maximum absolute atomic E-state index is 11.7. The van der Waals surface area contributed by atoms with E-state index >= 15 is 0 Å². The topological polar surface area (TPSA) is 54.0 Å². The van der Waals surface area contributed by atoms with Crippen LogP contribution < -0.4 is 10.6 Å². The fraction of sp³-hybridized carbons (Fsp3) is 0.375. The van der Waals surface area contributed by atoms with Crippen molar-refractivity contribution >= 4 is 28.1 Å². The van der Waals surface area contributed by atoms with E-state index in [1.54, 1.807) is 7.05 Å². The fourth-order valence-corrected chi connectivity index (χ4v) is 2.96. The number of thiazole rings is 1. The van der Waals surface area contributed by atoms with Gasteiger partial charge in [0.05, 0.1) is 5.69 Å². The molecule has 1 heterocycles. The third-order valence-electron chi connectivity index (χ3n) is 3.57. The van der Waals surface area contributed by atoms with E-state index in [0.717, 1.165) is 22.9 Å². The van der Waals surface area contributed by atoms with Crippen LogP contribution in [0.2, 0.25) is 0 Å². The highest BCUT2D eigenvalue weighted by atomic mass is 32.1. The molecule has 0 bridgehead atoms. The van der Waals surface area contributed by atoms with Crippen molar-refractivity contribution in [1.82, 2.24) is 10.3 Å². The number of carbonyl (C=O) groups is 1. The normalized spacial score (nSPS) is 12.0. The number of amides is 1. The number of nitrogens with one attached hydrogen (secondary N) is 2. The lowest BCUT2D eigenvalue weighted by atomic mass is 9.99. The second-order valence-corrected chi connectivity index (χ2v) is 6.07. The van der Waals surface area contributed by atoms with E-state index in [-0.39, 0.29) is 5.91 Å². The first-order chi connectivity index (χ1) is 10.0. The van der Waals surface area contributed by atoms with Crippen LogP contribution in [0.5, 0.6) is 0 Å². The smallest absolute Gasteiger partial charge is 0.263 e. The van der Waals surface area contributed by atoms with Crippen LogP contribution in [0.4, 0.5) is 10.8 Å². The van der Waals surface area contributed by atoms with Gasteiger partial charge in [-0.05, 0) is 37.0 Å². The molecule has 0 spiro atoms. The highest BCUT2D eigenvalue weighted by Gasteiger charge is 2.14. The van der Waals surface area contributed by atoms with Gasteiger partial charge in [0.15, 0.2) is 5.13 Å². The first kappa shape index (κ1) is 15.5. The molecule has 0 aliphatic rings. The minimum absolute atomic E-state index is 0.0924. The Kier molecular flexibility index (Phi) is 4.96. The van der Waals surface area contributed by atoms with Gasteiger partial charge >= 0.3 is 0 Å². The minimum Gasteiger partial charge on any atom is -0.354 e. The summed E-state index contributed by atoms with van der Waals surface area (Å²) in [6.07, 6.45) is 1.13. The standard InChI is InChI=1S/C16H21N3OS/c1-5-10(2)12-6-8-13(9-7-12)19-16-18-11(3)14(21-16)15(20)17-4/h6-10H,5H2,1-4H3,(H,17,20)(H,18,19)/t10-/m1/s1. The van der Waals surface area contributed by atoms with Gasteiger partial charge in [-0.25, -0.2) is 4.98 Å². The molecule has 5 heteroatoms. The van der Waals surface area contributed by atoms with Gasteiger partial charge in [0.25, 0.3) is 5.91 Å². The lowest BCUT2D eigenvalue weighted by Gasteiger charge is -2.09. The quantitative estimate of drug-likeness (QED) is 0.875. The minimum atomic E-state index is -0.0924. The molecular formula is C16H21N3OS. The summed E-state index contributed by atoms with van der Waals surface area (Å²) in [5.41, 5.74) is 3.07. The van der Waals surface area contributed by atoms with Crippen molar-refractivity contribution in [2.24, 2.45) is 0 Å². The molecule has 0 aliphatic carbocycles. The Morgan fingerprint density at radius 1 is 1.33 bits per heavy atom. The zero-order valence-corrected chi connectivity index (χ0v) is 13.7. The summed E-state index contributed by atoms with van der Waals surface area (Å²) in [5.74, 6) is 0.478. The molecule has 2 aromatic rings. The molecule has 21 heavy (non-hydrogen) atoms. The van der Waals surface area contributed by atoms with Gasteiger partial charge in [0.2, 0.25) is 0 Å². The van der Waals surface area contributed by atoms with Crippen LogP contribution in [0.15, 0.2) is 24.3 Å². The van der Waals surface area contributed by atoms with Gasteiger partial charge < -0.3 is 10.6 Å². The van der Waals surface area contributed by atoms with Crippen molar-refractivity contribution in [1.29, 1.82) is 0 Å². The predicted molar refractivity (Wildman–Crippen MR) is 88.7 cm³/mol. The summed E-state index contributed by atoms with van der Waals surface area (Å²) >= 11 is 1.37. The zero-order chi connectivity index (χ0) is 15.4. The summed E-state index contributed by atoms with van der Waals surface area (Å²) in [6, 6.07) is 8.38. The zero-order valence-electron chi connectivity index (χ0n) is 12.9. The van der Waals surface area contributed by atoms with Crippen molar-refractivity contribution in [2.45, 2.75) is 33.1 Å². The highest BCUT2D eigenvalue weighted by Crippen LogP contribution is 2.27. The average Bonchev–Trinajstić information content (AvgIpc) is 2.87. The van der Waals surface area contributed by atoms with Crippen molar-refractivity contribution < 1.29 is 4.79 Å². The molecule has 0 saturated heterocycles. The molecule has 1 aromatic carbocycles. The fourth-order valence-electron chi connectivity index (χ4n) is 2.03. The van der Waals surface area contributed by atoms with Gasteiger partial charge in [-0.2, -0.15) is 0 Å². The van der Waals surface area contributed by atoms with E-state index in [2.05, 4.69) is 53.7 Å². The van der Waals surface area contributed by atoms with Crippen LogP contribution in [0, 0.1) is 6.92 Å². The molecule has 1 aromatic heterocycles. The molecule has 0 fully saturated rings. The maximum atomic E-state index is 11.7. The average molecular weight is 303 g/mol. The maximum Gasteiger partial charge on any atom is 0.263 e. The molecule has 0 saturated carbocycles. The number of benzene rings is 1. The van der Waals surface area contributed by atoms with Crippen molar-refractivity contribution in [2.75, 3.05) is 12.4 Å². The van der Waals surface area contributed by atoms with Gasteiger partial charge in [-0.3, -0.25) is 4.79 Å². The molecule has 1 atom stereocenters. The Hall–Kier alpha value is -1.88. The Balaban J connectivity index is 2.13. The van der Waals surface area contributed by atoms with Crippen LogP contribution in [-0.4, -0.2) is 17.9 Å². The third kappa shape index (κ3) is 3.61. The lowest BCUT2D eigenvalue weighted by molar-refractivity contribution is 0.0966. The number of hydrogen-bond donors (Lipinski definition) is 2. The molecule has 2 rings (SSSR count). The van der Waals surface area contributed by atoms with Gasteiger partial charge in [0.1, 0.15) is 4.88 Å². The van der Waals surface area contributed by atoms with Crippen LogP contribution in [0.3, 0.4) is 0 Å². The van der Waals surface area contributed by atoms with Gasteiger partial charge in [-0.1, -0.05) is 37.3 Å². The first-order valence-corrected chi connectivity index (χ1v) is 7.93. The molecule has 0 radical (unpaired) electrons. The van der Waals surface area contributed by atoms with E-state index in [1.807, 2.05) is 6.92 Å². The molecule has 0 unspecified atom stereocenters. The first-order valence-electron chi connectivity index (χ1n) is 7.11. The van der Waals surface area contributed by atoms with Crippen molar-refractivity contribution in [3.8, 4) is 0 Å². The monoisotopic (exact) mass is 303 g/mol. The molecule has 112 valence electrons. The number of hydrogen-bond acceptors (Lipinski definition) is 4. The van der Waals surface area contributed by atoms with E-state index in [0.29, 0.717) is 10.8 Å². The van der Waals surface area contributed by atoms with Crippen molar-refractivity contribution in [3.05, 3.63) is 40.4 Å². The van der Waals surface area contributed by atoms with E-state index in [9.17, 15) is 4.79 Å². The second kappa shape index (κ2) is 6.72. The van der Waals surface area contributed by atoms with Gasteiger partial charge in [-0.15, -0.1) is 0 Å². The van der Waals surface area contributed by atoms with Crippen LogP contribution >= 0.6 is 11.3 Å². The lowest BCUT2D eigenvalue weighted by Crippen LogP contribution is -2.17. The van der Waals surface area contributed by atoms with Crippen LogP contribution in [0.25, 0.3) is 0 Å². The second-order valence-electron chi connectivity index (χ2n) is 5.07. The number of carbonyl (C=O) groups excluding carboxylic acids is 1. The Morgan fingerprint density at radius 3 is 2.57 bits per heavy atom. The molecule has 0 aliphatic heterocycles. The molecule has 2 N–H and O–H groups in total. The van der Waals surface area contributed by atoms with E-state index in [1.165, 1.54) is 16.9 Å². The molecule has 4 nitrogen and oxygen atoms in total. The Labute approximate surface area is 129 Å². The van der Waals surface area contributed by atoms with Gasteiger partial charge in [0, 0.05) is 12.7 Å². The van der Waals surface area contributed by atoms with E-state index < -0.39 is 0 Å². The highest BCUT2D eigenvalue weighted by molar-refractivity contribution is 7.17. The summed E-state index contributed by atoms with van der Waals surface area (Å²) < 4.78 is 0. The van der Waals surface area contributed by atoms with Crippen LogP contribution in [0.1, 0.15) is 47.1 Å². The van der Waals surface area contributed by atoms with Crippen LogP contribution in [-0.2, 0) is 0 Å². The Bertz CT molecular complexity index is 619. The number of aromatic nitrogens is 1. The largest absolute Gasteiger partial charge is 0.354 e. The molecule has 1 amide bonds. The summed E-state index contributed by atoms with van der Waals surface area (Å²) in [6.45, 7) is 6.26. The third-order valence-corrected chi connectivity index (χ3v) is 4.64. The number of rotatable bonds is 5. The SMILES string of the molecule is CC[C@@H](C)c1ccc(Nc2nc(C)c(C(=O)NC)s2)cc1. The van der Waals surface area contributed by atoms with E-state index in [4.69, 9.17) is 0 Å². The Morgan fingerprint density at radius 2 is 2.00 bits per heavy atom. The number of anilines is 2.